The van der Waals surface area contributed by atoms with E-state index in [1.54, 1.807) is 24.6 Å². The van der Waals surface area contributed by atoms with Gasteiger partial charge in [-0.15, -0.1) is 11.3 Å². The number of benzene rings is 1. The largest absolute Gasteiger partial charge is 0.497 e. The molecule has 0 saturated carbocycles. The molecular weight excluding hydrogens is 218 g/mol. The van der Waals surface area contributed by atoms with E-state index in [4.69, 9.17) is 4.74 Å². The van der Waals surface area contributed by atoms with Crippen molar-refractivity contribution in [1.82, 2.24) is 4.98 Å². The summed E-state index contributed by atoms with van der Waals surface area (Å²) in [5.41, 5.74) is 0.998. The minimum absolute atomic E-state index is 0.712. The van der Waals surface area contributed by atoms with E-state index in [9.17, 15) is 0 Å². The molecule has 0 fully saturated rings. The zero-order valence-electron chi connectivity index (χ0n) is 8.93. The molecule has 1 aromatic heterocycles. The molecule has 0 unspecified atom stereocenters. The van der Waals surface area contributed by atoms with Crippen molar-refractivity contribution in [3.63, 3.8) is 0 Å². The highest BCUT2D eigenvalue weighted by molar-refractivity contribution is 7.09. The fourth-order valence-electron chi connectivity index (χ4n) is 1.24. The summed E-state index contributed by atoms with van der Waals surface area (Å²) < 4.78 is 5.08. The SMILES string of the molecule is COc1ccc(C#CCc2nccs2)cc1. The molecule has 0 saturated heterocycles. The maximum Gasteiger partial charge on any atom is 0.118 e. The van der Waals surface area contributed by atoms with Crippen molar-refractivity contribution >= 4 is 11.3 Å². The van der Waals surface area contributed by atoms with Crippen LogP contribution in [0.4, 0.5) is 0 Å². The Bertz CT molecular complexity index is 491. The first-order valence-corrected chi connectivity index (χ1v) is 5.78. The Hall–Kier alpha value is -1.79. The Morgan fingerprint density at radius 1 is 1.31 bits per heavy atom. The van der Waals surface area contributed by atoms with Crippen molar-refractivity contribution in [2.45, 2.75) is 6.42 Å². The van der Waals surface area contributed by atoms with Gasteiger partial charge in [-0.2, -0.15) is 0 Å². The number of methoxy groups -OCH3 is 1. The topological polar surface area (TPSA) is 22.1 Å². The summed E-state index contributed by atoms with van der Waals surface area (Å²) in [6.45, 7) is 0. The first-order valence-electron chi connectivity index (χ1n) is 4.90. The average molecular weight is 229 g/mol. The zero-order chi connectivity index (χ0) is 11.2. The van der Waals surface area contributed by atoms with Crippen molar-refractivity contribution in [2.75, 3.05) is 7.11 Å². The second-order valence-corrected chi connectivity index (χ2v) is 4.11. The normalized spacial score (nSPS) is 9.31. The van der Waals surface area contributed by atoms with Crippen LogP contribution in [0, 0.1) is 11.8 Å². The lowest BCUT2D eigenvalue weighted by Gasteiger charge is -1.97. The van der Waals surface area contributed by atoms with E-state index in [0.29, 0.717) is 6.42 Å². The molecule has 0 atom stereocenters. The van der Waals surface area contributed by atoms with Crippen LogP contribution in [-0.4, -0.2) is 12.1 Å². The van der Waals surface area contributed by atoms with E-state index < -0.39 is 0 Å². The molecule has 0 spiro atoms. The maximum atomic E-state index is 5.08. The molecule has 0 amide bonds. The molecule has 2 aromatic rings. The van der Waals surface area contributed by atoms with Crippen LogP contribution in [0.3, 0.4) is 0 Å². The van der Waals surface area contributed by atoms with Crippen molar-refractivity contribution in [3.8, 4) is 17.6 Å². The smallest absolute Gasteiger partial charge is 0.118 e. The van der Waals surface area contributed by atoms with Gasteiger partial charge < -0.3 is 4.74 Å². The van der Waals surface area contributed by atoms with Crippen LogP contribution in [0.25, 0.3) is 0 Å². The first kappa shape index (κ1) is 10.7. The number of ether oxygens (including phenoxy) is 1. The van der Waals surface area contributed by atoms with Gasteiger partial charge >= 0.3 is 0 Å². The number of hydrogen-bond donors (Lipinski definition) is 0. The molecule has 3 heteroatoms. The third kappa shape index (κ3) is 2.85. The van der Waals surface area contributed by atoms with E-state index in [0.717, 1.165) is 16.3 Å². The van der Waals surface area contributed by atoms with Crippen LogP contribution in [0.2, 0.25) is 0 Å². The molecule has 0 bridgehead atoms. The Kier molecular flexibility index (Phi) is 3.58. The van der Waals surface area contributed by atoms with Crippen LogP contribution in [0.5, 0.6) is 5.75 Å². The summed E-state index contributed by atoms with van der Waals surface area (Å²) in [5.74, 6) is 7.05. The second-order valence-electron chi connectivity index (χ2n) is 3.13. The molecule has 16 heavy (non-hydrogen) atoms. The number of rotatable bonds is 2. The lowest BCUT2D eigenvalue weighted by molar-refractivity contribution is 0.415. The van der Waals surface area contributed by atoms with Crippen LogP contribution < -0.4 is 4.74 Å². The highest BCUT2D eigenvalue weighted by Gasteiger charge is 1.91. The monoisotopic (exact) mass is 229 g/mol. The molecule has 0 aliphatic heterocycles. The van der Waals surface area contributed by atoms with Gasteiger partial charge in [0.2, 0.25) is 0 Å². The van der Waals surface area contributed by atoms with E-state index in [-0.39, 0.29) is 0 Å². The minimum atomic E-state index is 0.712. The van der Waals surface area contributed by atoms with Crippen LogP contribution >= 0.6 is 11.3 Å². The predicted molar refractivity (Wildman–Crippen MR) is 65.7 cm³/mol. The van der Waals surface area contributed by atoms with Gasteiger partial charge in [-0.3, -0.25) is 0 Å². The average Bonchev–Trinajstić information content (AvgIpc) is 2.83. The van der Waals surface area contributed by atoms with Crippen molar-refractivity contribution < 1.29 is 4.74 Å². The molecule has 1 heterocycles. The highest BCUT2D eigenvalue weighted by Crippen LogP contribution is 2.10. The van der Waals surface area contributed by atoms with Gasteiger partial charge in [0, 0.05) is 17.1 Å². The zero-order valence-corrected chi connectivity index (χ0v) is 9.75. The summed E-state index contributed by atoms with van der Waals surface area (Å²) in [4.78, 5) is 4.17. The van der Waals surface area contributed by atoms with Gasteiger partial charge in [-0.05, 0) is 24.3 Å². The van der Waals surface area contributed by atoms with E-state index in [1.807, 2.05) is 29.6 Å². The number of nitrogens with zero attached hydrogens (tertiary/aromatic N) is 1. The summed E-state index contributed by atoms with van der Waals surface area (Å²) in [6.07, 6.45) is 2.51. The Morgan fingerprint density at radius 3 is 2.75 bits per heavy atom. The van der Waals surface area contributed by atoms with E-state index >= 15 is 0 Å². The lowest BCUT2D eigenvalue weighted by atomic mass is 10.2. The summed E-state index contributed by atoms with van der Waals surface area (Å²) in [6, 6.07) is 7.72. The quantitative estimate of drug-likeness (QED) is 0.739. The summed E-state index contributed by atoms with van der Waals surface area (Å²) in [7, 11) is 1.66. The molecule has 0 radical (unpaired) electrons. The Morgan fingerprint density at radius 2 is 2.12 bits per heavy atom. The summed E-state index contributed by atoms with van der Waals surface area (Å²) >= 11 is 1.63. The van der Waals surface area contributed by atoms with Gasteiger partial charge in [0.05, 0.1) is 13.5 Å². The second kappa shape index (κ2) is 5.34. The predicted octanol–water partition coefficient (Wildman–Crippen LogP) is 2.75. The number of thiazole rings is 1. The van der Waals surface area contributed by atoms with Crippen LogP contribution in [0.15, 0.2) is 35.8 Å². The molecule has 0 aliphatic rings. The third-order valence-electron chi connectivity index (χ3n) is 2.05. The van der Waals surface area contributed by atoms with E-state index in [2.05, 4.69) is 16.8 Å². The van der Waals surface area contributed by atoms with Gasteiger partial charge in [0.1, 0.15) is 10.8 Å². The van der Waals surface area contributed by atoms with E-state index in [1.165, 1.54) is 0 Å². The van der Waals surface area contributed by atoms with Gasteiger partial charge in [-0.25, -0.2) is 4.98 Å². The summed E-state index contributed by atoms with van der Waals surface area (Å²) in [5, 5.41) is 3.02. The van der Waals surface area contributed by atoms with Crippen molar-refractivity contribution in [3.05, 3.63) is 46.4 Å². The van der Waals surface area contributed by atoms with Crippen molar-refractivity contribution in [2.24, 2.45) is 0 Å². The van der Waals surface area contributed by atoms with Crippen LogP contribution in [-0.2, 0) is 6.42 Å². The Labute approximate surface area is 98.9 Å². The number of hydrogen-bond acceptors (Lipinski definition) is 3. The fourth-order valence-corrected chi connectivity index (χ4v) is 1.79. The maximum absolute atomic E-state index is 5.08. The molecule has 2 nitrogen and oxygen atoms in total. The van der Waals surface area contributed by atoms with Crippen molar-refractivity contribution in [1.29, 1.82) is 0 Å². The highest BCUT2D eigenvalue weighted by atomic mass is 32.1. The van der Waals surface area contributed by atoms with Gasteiger partial charge in [0.25, 0.3) is 0 Å². The molecule has 80 valence electrons. The lowest BCUT2D eigenvalue weighted by Crippen LogP contribution is -1.82. The molecule has 0 N–H and O–H groups in total. The Balaban J connectivity index is 2.01. The molecule has 0 aliphatic carbocycles. The van der Waals surface area contributed by atoms with Gasteiger partial charge in [-0.1, -0.05) is 11.8 Å². The first-order chi connectivity index (χ1) is 7.88. The molecule has 1 aromatic carbocycles. The molecule has 2 rings (SSSR count). The van der Waals surface area contributed by atoms with Gasteiger partial charge in [0.15, 0.2) is 0 Å². The molecular formula is C13H11NOS. The fraction of sp³-hybridized carbons (Fsp3) is 0.154. The third-order valence-corrected chi connectivity index (χ3v) is 2.83. The minimum Gasteiger partial charge on any atom is -0.497 e. The number of aromatic nitrogens is 1. The standard InChI is InChI=1S/C13H11NOS/c1-15-12-7-5-11(6-8-12)3-2-4-13-14-9-10-16-13/h5-10H,4H2,1H3. The van der Waals surface area contributed by atoms with Crippen LogP contribution in [0.1, 0.15) is 10.6 Å².